The van der Waals surface area contributed by atoms with Crippen LogP contribution in [0.5, 0.6) is 0 Å². The van der Waals surface area contributed by atoms with E-state index in [0.29, 0.717) is 0 Å². The average molecular weight is 315 g/mol. The third-order valence-corrected chi connectivity index (χ3v) is 4.43. The first-order chi connectivity index (χ1) is 8.59. The molecule has 1 fully saturated rings. The molecular formula is C13H23BrN4. The Morgan fingerprint density at radius 3 is 2.89 bits per heavy atom. The minimum absolute atomic E-state index is 0.113. The molecule has 1 aliphatic heterocycles. The molecular weight excluding hydrogens is 292 g/mol. The van der Waals surface area contributed by atoms with E-state index in [0.717, 1.165) is 30.5 Å². The normalized spacial score (nSPS) is 24.1. The minimum atomic E-state index is 0.113. The van der Waals surface area contributed by atoms with Gasteiger partial charge in [-0.05, 0) is 55.8 Å². The first-order valence-electron chi connectivity index (χ1n) is 6.70. The molecule has 1 saturated heterocycles. The molecule has 1 aliphatic rings. The van der Waals surface area contributed by atoms with Crippen LogP contribution in [0.25, 0.3) is 0 Å². The Morgan fingerprint density at radius 1 is 1.56 bits per heavy atom. The lowest BCUT2D eigenvalue weighted by Gasteiger charge is -2.30. The van der Waals surface area contributed by atoms with Crippen LogP contribution in [0.4, 0.5) is 0 Å². The number of halogens is 1. The number of hydrogen-bond acceptors (Lipinski definition) is 3. The van der Waals surface area contributed by atoms with E-state index in [1.165, 1.54) is 18.5 Å². The Balaban J connectivity index is 2.27. The maximum atomic E-state index is 4.53. The summed E-state index contributed by atoms with van der Waals surface area (Å²) in [6.45, 7) is 5.32. The molecule has 102 valence electrons. The minimum Gasteiger partial charge on any atom is -0.308 e. The average Bonchev–Trinajstić information content (AvgIpc) is 2.94. The maximum absolute atomic E-state index is 4.53. The van der Waals surface area contributed by atoms with Gasteiger partial charge in [0.1, 0.15) is 0 Å². The Bertz CT molecular complexity index is 394. The zero-order valence-corrected chi connectivity index (χ0v) is 13.1. The smallest absolute Gasteiger partial charge is 0.0727 e. The Labute approximate surface area is 118 Å². The lowest BCUT2D eigenvalue weighted by molar-refractivity contribution is 0.317. The van der Waals surface area contributed by atoms with E-state index in [4.69, 9.17) is 0 Å². The van der Waals surface area contributed by atoms with E-state index in [9.17, 15) is 0 Å². The van der Waals surface area contributed by atoms with Gasteiger partial charge in [-0.3, -0.25) is 4.68 Å². The van der Waals surface area contributed by atoms with Gasteiger partial charge in [0, 0.05) is 6.54 Å². The Morgan fingerprint density at radius 2 is 2.33 bits per heavy atom. The fourth-order valence-electron chi connectivity index (χ4n) is 2.78. The molecule has 0 aromatic carbocycles. The lowest BCUT2D eigenvalue weighted by Crippen LogP contribution is -2.39. The molecule has 1 unspecified atom stereocenters. The van der Waals surface area contributed by atoms with Gasteiger partial charge in [0.15, 0.2) is 0 Å². The van der Waals surface area contributed by atoms with E-state index in [1.807, 2.05) is 6.20 Å². The number of rotatable bonds is 5. The second kappa shape index (κ2) is 5.72. The largest absolute Gasteiger partial charge is 0.308 e. The Kier molecular flexibility index (Phi) is 4.45. The van der Waals surface area contributed by atoms with Gasteiger partial charge in [-0.15, -0.1) is 0 Å². The monoisotopic (exact) mass is 314 g/mol. The van der Waals surface area contributed by atoms with Gasteiger partial charge in [0.2, 0.25) is 0 Å². The second-order valence-electron chi connectivity index (χ2n) is 5.33. The van der Waals surface area contributed by atoms with Crippen LogP contribution < -0.4 is 5.32 Å². The van der Waals surface area contributed by atoms with Gasteiger partial charge in [0.25, 0.3) is 0 Å². The van der Waals surface area contributed by atoms with Crippen molar-refractivity contribution in [3.63, 3.8) is 0 Å². The van der Waals surface area contributed by atoms with Crippen molar-refractivity contribution in [2.75, 3.05) is 27.2 Å². The van der Waals surface area contributed by atoms with Gasteiger partial charge >= 0.3 is 0 Å². The molecule has 0 radical (unpaired) electrons. The van der Waals surface area contributed by atoms with E-state index in [2.05, 4.69) is 56.9 Å². The summed E-state index contributed by atoms with van der Waals surface area (Å²) in [5.74, 6) is 0. The first kappa shape index (κ1) is 14.0. The molecule has 1 N–H and O–H groups in total. The van der Waals surface area contributed by atoms with Crippen LogP contribution in [0.15, 0.2) is 10.7 Å². The summed E-state index contributed by atoms with van der Waals surface area (Å²) < 4.78 is 3.30. The fraction of sp³-hybridized carbons (Fsp3) is 0.769. The molecule has 0 saturated carbocycles. The van der Waals surface area contributed by atoms with Crippen molar-refractivity contribution in [1.29, 1.82) is 0 Å². The van der Waals surface area contributed by atoms with Crippen molar-refractivity contribution < 1.29 is 0 Å². The molecule has 1 aromatic heterocycles. The molecule has 1 atom stereocenters. The molecule has 2 rings (SSSR count). The Hall–Kier alpha value is -0.390. The first-order valence-corrected chi connectivity index (χ1v) is 7.50. The van der Waals surface area contributed by atoms with Crippen LogP contribution in [0, 0.1) is 0 Å². The molecule has 0 spiro atoms. The van der Waals surface area contributed by atoms with Crippen molar-refractivity contribution >= 4 is 15.9 Å². The van der Waals surface area contributed by atoms with E-state index < -0.39 is 0 Å². The summed E-state index contributed by atoms with van der Waals surface area (Å²) in [5, 5.41) is 8.21. The highest BCUT2D eigenvalue weighted by molar-refractivity contribution is 9.10. The van der Waals surface area contributed by atoms with Crippen LogP contribution in [-0.4, -0.2) is 41.9 Å². The molecule has 2 heterocycles. The van der Waals surface area contributed by atoms with Crippen molar-refractivity contribution in [2.24, 2.45) is 0 Å². The molecule has 18 heavy (non-hydrogen) atoms. The number of nitrogens with one attached hydrogen (secondary N) is 1. The summed E-state index contributed by atoms with van der Waals surface area (Å²) in [5.41, 5.74) is 1.44. The van der Waals surface area contributed by atoms with Gasteiger partial charge in [-0.25, -0.2) is 0 Å². The van der Waals surface area contributed by atoms with E-state index in [-0.39, 0.29) is 5.54 Å². The van der Waals surface area contributed by atoms with Crippen LogP contribution in [0.2, 0.25) is 0 Å². The van der Waals surface area contributed by atoms with Gasteiger partial charge in [-0.1, -0.05) is 6.92 Å². The quantitative estimate of drug-likeness (QED) is 0.904. The number of aromatic nitrogens is 2. The molecule has 4 nitrogen and oxygen atoms in total. The SMILES string of the molecule is CCC1(c2c(Br)cnn2CCN(C)C)CCCN1. The van der Waals surface area contributed by atoms with Gasteiger partial charge in [-0.2, -0.15) is 5.10 Å². The van der Waals surface area contributed by atoms with E-state index >= 15 is 0 Å². The van der Waals surface area contributed by atoms with Crippen LogP contribution >= 0.6 is 15.9 Å². The highest BCUT2D eigenvalue weighted by Crippen LogP contribution is 2.37. The van der Waals surface area contributed by atoms with Crippen molar-refractivity contribution in [3.8, 4) is 0 Å². The summed E-state index contributed by atoms with van der Waals surface area (Å²) in [7, 11) is 4.20. The van der Waals surface area contributed by atoms with E-state index in [1.54, 1.807) is 0 Å². The van der Waals surface area contributed by atoms with Gasteiger partial charge in [0.05, 0.1) is 28.4 Å². The molecule has 0 aliphatic carbocycles. The summed E-state index contributed by atoms with van der Waals surface area (Å²) in [6, 6.07) is 0. The summed E-state index contributed by atoms with van der Waals surface area (Å²) >= 11 is 3.67. The number of hydrogen-bond donors (Lipinski definition) is 1. The molecule has 5 heteroatoms. The summed E-state index contributed by atoms with van der Waals surface area (Å²) in [6.07, 6.45) is 5.50. The van der Waals surface area contributed by atoms with Crippen LogP contribution in [0.3, 0.4) is 0 Å². The fourth-order valence-corrected chi connectivity index (χ4v) is 3.46. The number of likely N-dealkylation sites (N-methyl/N-ethyl adjacent to an activating group) is 1. The predicted octanol–water partition coefficient (Wildman–Crippen LogP) is 2.20. The second-order valence-corrected chi connectivity index (χ2v) is 6.19. The standard InChI is InChI=1S/C13H23BrN4/c1-4-13(6-5-7-15-13)12-11(14)10-16-18(12)9-8-17(2)3/h10,15H,4-9H2,1-3H3. The number of nitrogens with zero attached hydrogens (tertiary/aromatic N) is 3. The third-order valence-electron chi connectivity index (χ3n) is 3.85. The van der Waals surface area contributed by atoms with Crippen molar-refractivity contribution in [3.05, 3.63) is 16.4 Å². The van der Waals surface area contributed by atoms with Crippen LogP contribution in [0.1, 0.15) is 31.9 Å². The highest BCUT2D eigenvalue weighted by Gasteiger charge is 2.38. The predicted molar refractivity (Wildman–Crippen MR) is 77.7 cm³/mol. The van der Waals surface area contributed by atoms with Gasteiger partial charge < -0.3 is 10.2 Å². The molecule has 1 aromatic rings. The van der Waals surface area contributed by atoms with Crippen molar-refractivity contribution in [2.45, 2.75) is 38.3 Å². The topological polar surface area (TPSA) is 33.1 Å². The van der Waals surface area contributed by atoms with Crippen molar-refractivity contribution in [1.82, 2.24) is 20.0 Å². The maximum Gasteiger partial charge on any atom is 0.0727 e. The summed E-state index contributed by atoms with van der Waals surface area (Å²) in [4.78, 5) is 2.19. The molecule has 0 bridgehead atoms. The zero-order valence-electron chi connectivity index (χ0n) is 11.5. The lowest BCUT2D eigenvalue weighted by atomic mass is 9.90. The third kappa shape index (κ3) is 2.63. The molecule has 0 amide bonds. The highest BCUT2D eigenvalue weighted by atomic mass is 79.9. The van der Waals surface area contributed by atoms with Crippen LogP contribution in [-0.2, 0) is 12.1 Å². The zero-order chi connectivity index (χ0) is 13.2.